The van der Waals surface area contributed by atoms with Gasteiger partial charge in [0, 0.05) is 6.54 Å². The molecule has 9 heteroatoms. The zero-order valence-electron chi connectivity index (χ0n) is 30.4. The fourth-order valence-electron chi connectivity index (χ4n) is 6.12. The Morgan fingerprint density at radius 2 is 1.21 bits per heavy atom. The van der Waals surface area contributed by atoms with Gasteiger partial charge in [-0.3, -0.25) is 9.59 Å². The first kappa shape index (κ1) is 38.0. The molecule has 2 atom stereocenters. The minimum absolute atomic E-state index is 0.212. The van der Waals surface area contributed by atoms with E-state index in [1.54, 1.807) is 12.1 Å². The van der Waals surface area contributed by atoms with E-state index in [0.717, 1.165) is 70.9 Å². The molecule has 2 heterocycles. The molecule has 2 aliphatic heterocycles. The number of thioether (sulfide) groups is 2. The number of methoxy groups -OCH3 is 1. The van der Waals surface area contributed by atoms with Gasteiger partial charge in [-0.25, -0.2) is 10.0 Å². The lowest BCUT2D eigenvalue weighted by Crippen LogP contribution is -2.41. The monoisotopic (exact) mass is 696 g/mol. The molecule has 2 unspecified atom stereocenters. The lowest BCUT2D eigenvalue weighted by Gasteiger charge is -2.27. The summed E-state index contributed by atoms with van der Waals surface area (Å²) in [5.74, 6) is 2.77. The molecule has 0 bridgehead atoms. The minimum Gasteiger partial charge on any atom is -0.497 e. The molecule has 0 radical (unpaired) electrons. The summed E-state index contributed by atoms with van der Waals surface area (Å²) in [7, 11) is 1.61. The van der Waals surface area contributed by atoms with Crippen LogP contribution in [0.1, 0.15) is 110 Å². The Kier molecular flexibility index (Phi) is 14.5. The van der Waals surface area contributed by atoms with Crippen molar-refractivity contribution in [2.75, 3.05) is 31.9 Å². The van der Waals surface area contributed by atoms with Crippen LogP contribution in [0.15, 0.2) is 43.9 Å². The Morgan fingerprint density at radius 1 is 0.708 bits per heavy atom. The first-order valence-corrected chi connectivity index (χ1v) is 19.7. The van der Waals surface area contributed by atoms with Gasteiger partial charge in [0.15, 0.2) is 0 Å². The molecular weight excluding hydrogens is 641 g/mol. The van der Waals surface area contributed by atoms with E-state index in [9.17, 15) is 9.59 Å². The summed E-state index contributed by atoms with van der Waals surface area (Å²) in [5.41, 5.74) is 2.97. The van der Waals surface area contributed by atoms with Crippen molar-refractivity contribution in [2.24, 2.45) is 11.8 Å². The lowest BCUT2D eigenvalue weighted by molar-refractivity contribution is -0.125. The highest BCUT2D eigenvalue weighted by molar-refractivity contribution is 8.25. The van der Waals surface area contributed by atoms with Crippen molar-refractivity contribution in [2.45, 2.75) is 122 Å². The van der Waals surface area contributed by atoms with Crippen LogP contribution in [0.4, 0.5) is 5.69 Å². The Morgan fingerprint density at radius 3 is 1.65 bits per heavy atom. The number of carbonyl (C=O) groups is 2. The number of amides is 2. The minimum atomic E-state index is -0.307. The third-order valence-electron chi connectivity index (χ3n) is 9.61. The van der Waals surface area contributed by atoms with Crippen molar-refractivity contribution in [3.05, 3.63) is 45.2 Å². The van der Waals surface area contributed by atoms with Crippen molar-refractivity contribution in [3.63, 3.8) is 0 Å². The van der Waals surface area contributed by atoms with E-state index in [4.69, 9.17) is 14.2 Å². The average molecular weight is 697 g/mol. The molecule has 7 nitrogen and oxygen atoms in total. The van der Waals surface area contributed by atoms with Gasteiger partial charge in [-0.05, 0) is 80.3 Å². The Labute approximate surface area is 297 Å². The highest BCUT2D eigenvalue weighted by Crippen LogP contribution is 2.61. The number of fused-ring (bicyclic) bond motifs is 1. The lowest BCUT2D eigenvalue weighted by atomic mass is 10.00. The number of hydrogen-bond donors (Lipinski definition) is 0. The van der Waals surface area contributed by atoms with Gasteiger partial charge >= 0.3 is 0 Å². The van der Waals surface area contributed by atoms with E-state index in [-0.39, 0.29) is 17.4 Å². The third kappa shape index (κ3) is 8.50. The number of unbranched alkanes of at least 4 members (excludes halogenated alkanes) is 3. The number of rotatable bonds is 19. The second-order valence-corrected chi connectivity index (χ2v) is 15.3. The summed E-state index contributed by atoms with van der Waals surface area (Å²) >= 11 is 2.97. The van der Waals surface area contributed by atoms with Gasteiger partial charge in [-0.2, -0.15) is 0 Å². The molecule has 0 spiro atoms. The predicted molar refractivity (Wildman–Crippen MR) is 199 cm³/mol. The number of anilines is 1. The summed E-state index contributed by atoms with van der Waals surface area (Å²) < 4.78 is 19.4. The number of benzene rings is 2. The fourth-order valence-corrected chi connectivity index (χ4v) is 8.94. The normalized spacial score (nSPS) is 15.8. The van der Waals surface area contributed by atoms with Gasteiger partial charge < -0.3 is 14.2 Å². The quantitative estimate of drug-likeness (QED) is 0.107. The van der Waals surface area contributed by atoms with Crippen LogP contribution in [0.25, 0.3) is 0 Å². The molecule has 0 aromatic heterocycles. The average Bonchev–Trinajstić information content (AvgIpc) is 3.63. The highest BCUT2D eigenvalue weighted by Gasteiger charge is 2.46. The van der Waals surface area contributed by atoms with Crippen LogP contribution in [-0.2, 0) is 9.59 Å². The first-order valence-electron chi connectivity index (χ1n) is 18.1. The molecule has 0 N–H and O–H groups in total. The van der Waals surface area contributed by atoms with Crippen LogP contribution in [0.3, 0.4) is 0 Å². The van der Waals surface area contributed by atoms with Crippen LogP contribution < -0.4 is 19.2 Å². The van der Waals surface area contributed by atoms with Crippen molar-refractivity contribution in [3.8, 4) is 17.2 Å². The van der Waals surface area contributed by atoms with E-state index in [1.807, 2.05) is 24.3 Å². The molecule has 1 fully saturated rings. The highest BCUT2D eigenvalue weighted by atomic mass is 32.2. The summed E-state index contributed by atoms with van der Waals surface area (Å²) in [6, 6.07) is 7.29. The molecule has 48 heavy (non-hydrogen) atoms. The largest absolute Gasteiger partial charge is 0.497 e. The number of hydrazine groups is 1. The second kappa shape index (κ2) is 18.3. The van der Waals surface area contributed by atoms with E-state index in [2.05, 4.69) is 48.5 Å². The van der Waals surface area contributed by atoms with Crippen LogP contribution in [0.2, 0.25) is 0 Å². The molecule has 1 saturated heterocycles. The van der Waals surface area contributed by atoms with Crippen LogP contribution in [-0.4, -0.2) is 43.7 Å². The molecule has 0 saturated carbocycles. The molecule has 2 amide bonds. The molecule has 2 aromatic carbocycles. The number of carbonyl (C=O) groups excluding carboxylic acids is 2. The standard InChI is InChI=1S/C39H56N2O5S2/c1-9-14-17-28(12-4)24-45-33-26(6)27(7)34(46-25-29(13-5)18-15-10-2)36-35(33)47-39(48-36)32-37(42)40(23-16-11-3)41(38(32)43)30-19-21-31(44-8)22-20-30/h19-22,28-29H,9-18,23-25H2,1-8H3. The number of hydrogen-bond acceptors (Lipinski definition) is 7. The SMILES string of the molecule is CCCCC(CC)COc1c(C)c(C)c(OCC(CC)CCCC)c2c1SC(=C1C(=O)N(CCCC)N(c3ccc(OC)cc3)C1=O)S2. The maximum atomic E-state index is 14.3. The van der Waals surface area contributed by atoms with Crippen LogP contribution in [0, 0.1) is 25.7 Å². The zero-order valence-corrected chi connectivity index (χ0v) is 32.0. The summed E-state index contributed by atoms with van der Waals surface area (Å²) in [4.78, 5) is 30.4. The van der Waals surface area contributed by atoms with Crippen LogP contribution >= 0.6 is 23.5 Å². The molecule has 2 aromatic rings. The summed E-state index contributed by atoms with van der Waals surface area (Å²) in [6.07, 6.45) is 10.8. The molecule has 264 valence electrons. The van der Waals surface area contributed by atoms with Gasteiger partial charge in [-0.15, -0.1) is 0 Å². The smallest absolute Gasteiger partial charge is 0.284 e. The maximum Gasteiger partial charge on any atom is 0.284 e. The summed E-state index contributed by atoms with van der Waals surface area (Å²) in [5, 5.41) is 3.14. The van der Waals surface area contributed by atoms with Crippen molar-refractivity contribution in [1.29, 1.82) is 0 Å². The molecule has 4 rings (SSSR count). The van der Waals surface area contributed by atoms with Gasteiger partial charge in [0.1, 0.15) is 22.8 Å². The van der Waals surface area contributed by atoms with E-state index < -0.39 is 0 Å². The predicted octanol–water partition coefficient (Wildman–Crippen LogP) is 10.5. The van der Waals surface area contributed by atoms with Gasteiger partial charge in [-0.1, -0.05) is 103 Å². The second-order valence-electron chi connectivity index (χ2n) is 13.0. The van der Waals surface area contributed by atoms with Gasteiger partial charge in [0.2, 0.25) is 0 Å². The fraction of sp³-hybridized carbons (Fsp3) is 0.590. The third-order valence-corrected chi connectivity index (χ3v) is 12.2. The van der Waals surface area contributed by atoms with Crippen molar-refractivity contribution >= 4 is 41.0 Å². The molecule has 2 aliphatic rings. The van der Waals surface area contributed by atoms with E-state index in [0.29, 0.717) is 47.3 Å². The Bertz CT molecular complexity index is 1380. The topological polar surface area (TPSA) is 68.3 Å². The molecular formula is C39H56N2O5S2. The number of nitrogens with zero attached hydrogens (tertiary/aromatic N) is 2. The summed E-state index contributed by atoms with van der Waals surface area (Å²) in [6.45, 7) is 17.0. The van der Waals surface area contributed by atoms with Gasteiger partial charge in [0.05, 0.1) is 40.0 Å². The zero-order chi connectivity index (χ0) is 34.8. The van der Waals surface area contributed by atoms with E-state index in [1.165, 1.54) is 54.2 Å². The van der Waals surface area contributed by atoms with Gasteiger partial charge in [0.25, 0.3) is 11.8 Å². The van der Waals surface area contributed by atoms with Crippen molar-refractivity contribution in [1.82, 2.24) is 5.01 Å². The van der Waals surface area contributed by atoms with Crippen molar-refractivity contribution < 1.29 is 23.8 Å². The number of ether oxygens (including phenoxy) is 3. The van der Waals surface area contributed by atoms with Crippen LogP contribution in [0.5, 0.6) is 17.2 Å². The maximum absolute atomic E-state index is 14.3. The first-order chi connectivity index (χ1) is 23.2. The Hall–Kier alpha value is -2.78. The molecule has 0 aliphatic carbocycles. The Balaban J connectivity index is 1.77. The van der Waals surface area contributed by atoms with E-state index >= 15 is 0 Å².